The van der Waals surface area contributed by atoms with Crippen LogP contribution in [0.25, 0.3) is 0 Å². The molecular formula is C16H27NO3. The lowest BCUT2D eigenvalue weighted by Gasteiger charge is -2.61. The molecule has 0 amide bonds. The van der Waals surface area contributed by atoms with Crippen LogP contribution in [0.4, 0.5) is 0 Å². The standard InChI is InChI=1S/C16H27NO3/c1-16(2)12-8-11(15(17)13(16)9-12)6-4-5-7-20-10-14(18)19-3/h4-5,11-13,15H,6-10,17H2,1-3H3/b5-4-/t11-,12-,13-,15+/m0/s1. The van der Waals surface area contributed by atoms with Crippen molar-refractivity contribution < 1.29 is 14.3 Å². The van der Waals surface area contributed by atoms with E-state index in [0.717, 1.165) is 12.3 Å². The number of methoxy groups -OCH3 is 1. The Balaban J connectivity index is 1.67. The second-order valence-corrected chi connectivity index (χ2v) is 6.73. The molecule has 0 aliphatic heterocycles. The van der Waals surface area contributed by atoms with Gasteiger partial charge in [0.25, 0.3) is 0 Å². The average molecular weight is 281 g/mol. The second kappa shape index (κ2) is 6.27. The van der Waals surface area contributed by atoms with Gasteiger partial charge in [-0.1, -0.05) is 26.0 Å². The molecule has 0 unspecified atom stereocenters. The van der Waals surface area contributed by atoms with Crippen molar-refractivity contribution in [2.45, 2.75) is 39.2 Å². The number of hydrogen-bond donors (Lipinski definition) is 1. The molecule has 3 rings (SSSR count). The van der Waals surface area contributed by atoms with E-state index in [-0.39, 0.29) is 12.6 Å². The minimum absolute atomic E-state index is 0.0160. The van der Waals surface area contributed by atoms with Gasteiger partial charge in [-0.25, -0.2) is 4.79 Å². The normalized spacial score (nSPS) is 34.8. The van der Waals surface area contributed by atoms with E-state index in [9.17, 15) is 4.79 Å². The molecule has 4 atom stereocenters. The first-order chi connectivity index (χ1) is 9.46. The smallest absolute Gasteiger partial charge is 0.331 e. The van der Waals surface area contributed by atoms with Crippen LogP contribution in [0.3, 0.4) is 0 Å². The van der Waals surface area contributed by atoms with E-state index in [1.54, 1.807) is 0 Å². The molecule has 0 spiro atoms. The fraction of sp³-hybridized carbons (Fsp3) is 0.812. The fourth-order valence-electron chi connectivity index (χ4n) is 3.82. The number of carbonyl (C=O) groups excluding carboxylic acids is 1. The molecule has 0 aromatic rings. The van der Waals surface area contributed by atoms with Gasteiger partial charge in [0.15, 0.2) is 0 Å². The highest BCUT2D eigenvalue weighted by Gasteiger charge is 2.56. The van der Waals surface area contributed by atoms with Crippen LogP contribution in [0.1, 0.15) is 33.1 Å². The quantitative estimate of drug-likeness (QED) is 0.460. The van der Waals surface area contributed by atoms with E-state index in [1.807, 2.05) is 6.08 Å². The monoisotopic (exact) mass is 281 g/mol. The average Bonchev–Trinajstić information content (AvgIpc) is 2.43. The number of hydrogen-bond acceptors (Lipinski definition) is 4. The molecule has 0 saturated heterocycles. The summed E-state index contributed by atoms with van der Waals surface area (Å²) in [4.78, 5) is 10.8. The first-order valence-corrected chi connectivity index (χ1v) is 7.52. The summed E-state index contributed by atoms with van der Waals surface area (Å²) in [6.45, 7) is 5.19. The van der Waals surface area contributed by atoms with Crippen LogP contribution in [0.2, 0.25) is 0 Å². The fourth-order valence-corrected chi connectivity index (χ4v) is 3.82. The zero-order chi connectivity index (χ0) is 14.8. The Morgan fingerprint density at radius 3 is 2.70 bits per heavy atom. The molecule has 0 aromatic carbocycles. The SMILES string of the molecule is COC(=O)COC/C=C\C[C@H]1C[C@H]2C[C@@H]([C@@H]1N)C2(C)C. The third-order valence-electron chi connectivity index (χ3n) is 5.41. The Bertz CT molecular complexity index is 378. The molecule has 0 heterocycles. The minimum Gasteiger partial charge on any atom is -0.467 e. The number of fused-ring (bicyclic) bond motifs is 2. The summed E-state index contributed by atoms with van der Waals surface area (Å²) in [5, 5.41) is 0. The summed E-state index contributed by atoms with van der Waals surface area (Å²) < 4.78 is 9.67. The largest absolute Gasteiger partial charge is 0.467 e. The van der Waals surface area contributed by atoms with Crippen molar-refractivity contribution in [1.29, 1.82) is 0 Å². The molecule has 2 bridgehead atoms. The maximum atomic E-state index is 10.8. The number of rotatable bonds is 6. The Morgan fingerprint density at radius 1 is 1.35 bits per heavy atom. The molecule has 3 saturated carbocycles. The van der Waals surface area contributed by atoms with Crippen LogP contribution in [-0.4, -0.2) is 32.3 Å². The van der Waals surface area contributed by atoms with Gasteiger partial charge in [-0.15, -0.1) is 0 Å². The lowest BCUT2D eigenvalue weighted by atomic mass is 9.45. The topological polar surface area (TPSA) is 61.5 Å². The van der Waals surface area contributed by atoms with Gasteiger partial charge in [-0.05, 0) is 42.4 Å². The van der Waals surface area contributed by atoms with Crippen molar-refractivity contribution in [3.8, 4) is 0 Å². The van der Waals surface area contributed by atoms with E-state index >= 15 is 0 Å². The molecule has 0 radical (unpaired) electrons. The molecule has 3 aliphatic rings. The van der Waals surface area contributed by atoms with Crippen LogP contribution < -0.4 is 5.73 Å². The lowest BCUT2D eigenvalue weighted by Crippen LogP contribution is -2.61. The van der Waals surface area contributed by atoms with E-state index in [1.165, 1.54) is 20.0 Å². The maximum Gasteiger partial charge on any atom is 0.331 e. The predicted octanol–water partition coefficient (Wildman–Crippen LogP) is 2.13. The number of esters is 1. The van der Waals surface area contributed by atoms with Gasteiger partial charge in [-0.3, -0.25) is 0 Å². The molecule has 20 heavy (non-hydrogen) atoms. The summed E-state index contributed by atoms with van der Waals surface area (Å²) >= 11 is 0. The van der Waals surface area contributed by atoms with Gasteiger partial charge in [0.2, 0.25) is 0 Å². The predicted molar refractivity (Wildman–Crippen MR) is 78.1 cm³/mol. The van der Waals surface area contributed by atoms with Gasteiger partial charge in [0.05, 0.1) is 13.7 Å². The summed E-state index contributed by atoms with van der Waals surface area (Å²) in [6, 6.07) is 0.329. The summed E-state index contributed by atoms with van der Waals surface area (Å²) in [6.07, 6.45) is 7.70. The zero-order valence-corrected chi connectivity index (χ0v) is 12.8. The Hall–Kier alpha value is -0.870. The van der Waals surface area contributed by atoms with Gasteiger partial charge >= 0.3 is 5.97 Å². The van der Waals surface area contributed by atoms with Gasteiger partial charge in [0, 0.05) is 6.04 Å². The first kappa shape index (κ1) is 15.5. The summed E-state index contributed by atoms with van der Waals surface area (Å²) in [7, 11) is 1.36. The van der Waals surface area contributed by atoms with E-state index < -0.39 is 0 Å². The van der Waals surface area contributed by atoms with E-state index in [0.29, 0.717) is 29.9 Å². The van der Waals surface area contributed by atoms with Crippen molar-refractivity contribution in [2.75, 3.05) is 20.3 Å². The summed E-state index contributed by atoms with van der Waals surface area (Å²) in [5.74, 6) is 1.80. The molecule has 2 N–H and O–H groups in total. The highest BCUT2D eigenvalue weighted by Crippen LogP contribution is 2.60. The summed E-state index contributed by atoms with van der Waals surface area (Å²) in [5.41, 5.74) is 6.86. The molecule has 114 valence electrons. The maximum absolute atomic E-state index is 10.8. The van der Waals surface area contributed by atoms with Crippen molar-refractivity contribution in [1.82, 2.24) is 0 Å². The van der Waals surface area contributed by atoms with Crippen molar-refractivity contribution >= 4 is 5.97 Å². The molecule has 0 aromatic heterocycles. The molecule has 4 heteroatoms. The van der Waals surface area contributed by atoms with Crippen molar-refractivity contribution in [3.63, 3.8) is 0 Å². The minimum atomic E-state index is -0.338. The Morgan fingerprint density at radius 2 is 2.10 bits per heavy atom. The highest BCUT2D eigenvalue weighted by atomic mass is 16.6. The molecule has 4 nitrogen and oxygen atoms in total. The van der Waals surface area contributed by atoms with Crippen LogP contribution in [0.5, 0.6) is 0 Å². The number of allylic oxidation sites excluding steroid dienone is 1. The van der Waals surface area contributed by atoms with Gasteiger partial charge < -0.3 is 15.2 Å². The number of nitrogens with two attached hydrogens (primary N) is 1. The molecule has 3 fully saturated rings. The number of ether oxygens (including phenoxy) is 2. The molecular weight excluding hydrogens is 254 g/mol. The van der Waals surface area contributed by atoms with Crippen molar-refractivity contribution in [3.05, 3.63) is 12.2 Å². The van der Waals surface area contributed by atoms with Crippen LogP contribution in [-0.2, 0) is 14.3 Å². The van der Waals surface area contributed by atoms with E-state index in [2.05, 4.69) is 24.7 Å². The first-order valence-electron chi connectivity index (χ1n) is 7.52. The lowest BCUT2D eigenvalue weighted by molar-refractivity contribution is -0.145. The highest BCUT2D eigenvalue weighted by molar-refractivity contribution is 5.70. The Labute approximate surface area is 121 Å². The number of carbonyl (C=O) groups is 1. The third kappa shape index (κ3) is 3.07. The third-order valence-corrected chi connectivity index (χ3v) is 5.41. The van der Waals surface area contributed by atoms with E-state index in [4.69, 9.17) is 10.5 Å². The van der Waals surface area contributed by atoms with Gasteiger partial charge in [0.1, 0.15) is 6.61 Å². The van der Waals surface area contributed by atoms with Crippen LogP contribution in [0.15, 0.2) is 12.2 Å². The van der Waals surface area contributed by atoms with Crippen LogP contribution >= 0.6 is 0 Å². The van der Waals surface area contributed by atoms with Gasteiger partial charge in [-0.2, -0.15) is 0 Å². The van der Waals surface area contributed by atoms with Crippen molar-refractivity contribution in [2.24, 2.45) is 28.9 Å². The zero-order valence-electron chi connectivity index (χ0n) is 12.8. The Kier molecular flexibility index (Phi) is 4.86. The second-order valence-electron chi connectivity index (χ2n) is 6.73. The molecule has 3 aliphatic carbocycles. The van der Waals surface area contributed by atoms with Crippen LogP contribution in [0, 0.1) is 23.2 Å².